The van der Waals surface area contributed by atoms with Crippen molar-refractivity contribution in [3.8, 4) is 0 Å². The summed E-state index contributed by atoms with van der Waals surface area (Å²) in [6, 6.07) is -1.11. The van der Waals surface area contributed by atoms with Crippen molar-refractivity contribution in [2.24, 2.45) is 38.9 Å². The number of nitrogens with two attached hydrogens (primary N) is 3. The van der Waals surface area contributed by atoms with Crippen LogP contribution in [0, 0.1) is 16.7 Å². The molecular formula is C14H30N4O2. The molecule has 0 aromatic rings. The molecule has 118 valence electrons. The van der Waals surface area contributed by atoms with Gasteiger partial charge in [0.15, 0.2) is 5.96 Å². The molecule has 0 saturated heterocycles. The second-order valence-electron chi connectivity index (χ2n) is 7.51. The number of carboxylic acids is 1. The van der Waals surface area contributed by atoms with Gasteiger partial charge in [-0.2, -0.15) is 0 Å². The molecule has 0 amide bonds. The number of carboxylic acid groups (broad SMARTS) is 1. The Hall–Kier alpha value is -1.30. The minimum Gasteiger partial charge on any atom is -0.480 e. The molecule has 0 saturated carbocycles. The Morgan fingerprint density at radius 3 is 1.80 bits per heavy atom. The van der Waals surface area contributed by atoms with Gasteiger partial charge in [-0.25, -0.2) is 4.99 Å². The lowest BCUT2D eigenvalue weighted by Gasteiger charge is -2.38. The molecular weight excluding hydrogens is 256 g/mol. The van der Waals surface area contributed by atoms with E-state index in [0.717, 1.165) is 0 Å². The van der Waals surface area contributed by atoms with Crippen molar-refractivity contribution in [2.75, 3.05) is 0 Å². The Kier molecular flexibility index (Phi) is 6.02. The quantitative estimate of drug-likeness (QED) is 0.445. The van der Waals surface area contributed by atoms with Crippen molar-refractivity contribution in [2.45, 2.75) is 60.0 Å². The zero-order valence-electron chi connectivity index (χ0n) is 13.5. The lowest BCUT2D eigenvalue weighted by atomic mass is 9.70. The minimum absolute atomic E-state index is 0.0153. The van der Waals surface area contributed by atoms with Gasteiger partial charge < -0.3 is 22.3 Å². The van der Waals surface area contributed by atoms with Crippen LogP contribution in [0.3, 0.4) is 0 Å². The predicted molar refractivity (Wildman–Crippen MR) is 82.2 cm³/mol. The first-order valence-electron chi connectivity index (χ1n) is 6.84. The topological polar surface area (TPSA) is 128 Å². The third-order valence-corrected chi connectivity index (χ3v) is 3.61. The average molecular weight is 286 g/mol. The molecule has 0 bridgehead atoms. The number of rotatable bonds is 5. The minimum atomic E-state index is -0.998. The van der Waals surface area contributed by atoms with E-state index < -0.39 is 12.0 Å². The van der Waals surface area contributed by atoms with Crippen LogP contribution in [-0.2, 0) is 4.79 Å². The Morgan fingerprint density at radius 2 is 1.55 bits per heavy atom. The number of hydrogen-bond donors (Lipinski definition) is 4. The second kappa shape index (κ2) is 6.43. The van der Waals surface area contributed by atoms with E-state index in [1.807, 2.05) is 41.5 Å². The van der Waals surface area contributed by atoms with Gasteiger partial charge in [0.1, 0.15) is 6.04 Å². The van der Waals surface area contributed by atoms with Gasteiger partial charge in [-0.15, -0.1) is 0 Å². The monoisotopic (exact) mass is 286 g/mol. The van der Waals surface area contributed by atoms with E-state index in [1.54, 1.807) is 0 Å². The molecule has 0 aliphatic carbocycles. The van der Waals surface area contributed by atoms with Crippen LogP contribution in [0.5, 0.6) is 0 Å². The molecule has 0 aliphatic heterocycles. The van der Waals surface area contributed by atoms with Gasteiger partial charge in [0.25, 0.3) is 0 Å². The third kappa shape index (κ3) is 5.77. The molecule has 0 spiro atoms. The molecule has 6 nitrogen and oxygen atoms in total. The van der Waals surface area contributed by atoms with Gasteiger partial charge in [-0.05, 0) is 23.2 Å². The summed E-state index contributed by atoms with van der Waals surface area (Å²) in [6.45, 7) is 12.0. The van der Waals surface area contributed by atoms with Crippen molar-refractivity contribution in [3.63, 3.8) is 0 Å². The van der Waals surface area contributed by atoms with Crippen LogP contribution in [0.25, 0.3) is 0 Å². The maximum Gasteiger partial charge on any atom is 0.320 e. The number of guanidine groups is 1. The first-order chi connectivity index (χ1) is 8.76. The van der Waals surface area contributed by atoms with Crippen molar-refractivity contribution in [1.82, 2.24) is 0 Å². The SMILES string of the molecule is CC(C)(C)C(CC([C@H](N)C(=O)O)C(C)(C)C)N=C(N)N. The van der Waals surface area contributed by atoms with Crippen LogP contribution in [0.2, 0.25) is 0 Å². The summed E-state index contributed by atoms with van der Waals surface area (Å²) < 4.78 is 0. The molecule has 20 heavy (non-hydrogen) atoms. The zero-order chi connectivity index (χ0) is 16.3. The fourth-order valence-corrected chi connectivity index (χ4v) is 2.23. The summed E-state index contributed by atoms with van der Waals surface area (Å²) in [5.41, 5.74) is 16.4. The number of hydrogen-bond acceptors (Lipinski definition) is 3. The summed E-state index contributed by atoms with van der Waals surface area (Å²) in [7, 11) is 0. The van der Waals surface area contributed by atoms with Gasteiger partial charge in [0.05, 0.1) is 6.04 Å². The van der Waals surface area contributed by atoms with Gasteiger partial charge in [-0.3, -0.25) is 4.79 Å². The van der Waals surface area contributed by atoms with E-state index in [1.165, 1.54) is 0 Å². The van der Waals surface area contributed by atoms with Crippen molar-refractivity contribution < 1.29 is 9.90 Å². The third-order valence-electron chi connectivity index (χ3n) is 3.61. The summed E-state index contributed by atoms with van der Waals surface area (Å²) in [6.07, 6.45) is 0.526. The highest BCUT2D eigenvalue weighted by molar-refractivity contribution is 5.76. The normalized spacial score (nSPS) is 17.1. The molecule has 0 aromatic heterocycles. The molecule has 0 fully saturated rings. The Labute approximate surface area is 121 Å². The molecule has 0 heterocycles. The Morgan fingerprint density at radius 1 is 1.10 bits per heavy atom. The van der Waals surface area contributed by atoms with Crippen LogP contribution in [0.4, 0.5) is 0 Å². The highest BCUT2D eigenvalue weighted by atomic mass is 16.4. The number of nitrogens with zero attached hydrogens (tertiary/aromatic N) is 1. The molecule has 0 radical (unpaired) electrons. The fraction of sp³-hybridized carbons (Fsp3) is 0.857. The zero-order valence-corrected chi connectivity index (χ0v) is 13.5. The Balaban J connectivity index is 5.41. The largest absolute Gasteiger partial charge is 0.480 e. The van der Waals surface area contributed by atoms with E-state index in [-0.39, 0.29) is 28.7 Å². The van der Waals surface area contributed by atoms with Crippen LogP contribution in [-0.4, -0.2) is 29.1 Å². The summed E-state index contributed by atoms with van der Waals surface area (Å²) in [5.74, 6) is -1.21. The van der Waals surface area contributed by atoms with Gasteiger partial charge >= 0.3 is 5.97 Å². The molecule has 2 unspecified atom stereocenters. The van der Waals surface area contributed by atoms with E-state index in [9.17, 15) is 9.90 Å². The van der Waals surface area contributed by atoms with Crippen LogP contribution in [0.1, 0.15) is 48.0 Å². The van der Waals surface area contributed by atoms with Gasteiger partial charge in [0, 0.05) is 0 Å². The standard InChI is InChI=1S/C14H30N4O2/c1-13(2,3)8(10(15)11(19)20)7-9(14(4,5)6)18-12(16)17/h8-10H,7,15H2,1-6H3,(H,19,20)(H4,16,17,18)/t8?,9?,10-/m0/s1. The van der Waals surface area contributed by atoms with E-state index in [0.29, 0.717) is 6.42 Å². The molecule has 0 aliphatic rings. The number of aliphatic imine (C=N–C) groups is 1. The highest BCUT2D eigenvalue weighted by Crippen LogP contribution is 2.37. The first-order valence-corrected chi connectivity index (χ1v) is 6.84. The van der Waals surface area contributed by atoms with Crippen LogP contribution >= 0.6 is 0 Å². The summed E-state index contributed by atoms with van der Waals surface area (Å²) in [5, 5.41) is 9.20. The van der Waals surface area contributed by atoms with E-state index in [2.05, 4.69) is 4.99 Å². The van der Waals surface area contributed by atoms with Crippen molar-refractivity contribution >= 4 is 11.9 Å². The van der Waals surface area contributed by atoms with Crippen molar-refractivity contribution in [1.29, 1.82) is 0 Å². The first kappa shape index (κ1) is 18.7. The van der Waals surface area contributed by atoms with Crippen LogP contribution in [0.15, 0.2) is 4.99 Å². The van der Waals surface area contributed by atoms with E-state index in [4.69, 9.17) is 17.2 Å². The lowest BCUT2D eigenvalue weighted by molar-refractivity contribution is -0.141. The summed E-state index contributed by atoms with van der Waals surface area (Å²) in [4.78, 5) is 15.5. The Bertz CT molecular complexity index is 362. The lowest BCUT2D eigenvalue weighted by Crippen LogP contribution is -2.47. The molecule has 6 heteroatoms. The molecule has 7 N–H and O–H groups in total. The smallest absolute Gasteiger partial charge is 0.320 e. The van der Waals surface area contributed by atoms with Crippen molar-refractivity contribution in [3.05, 3.63) is 0 Å². The highest BCUT2D eigenvalue weighted by Gasteiger charge is 2.38. The van der Waals surface area contributed by atoms with Gasteiger partial charge in [0.2, 0.25) is 0 Å². The van der Waals surface area contributed by atoms with Gasteiger partial charge in [-0.1, -0.05) is 41.5 Å². The molecule has 3 atom stereocenters. The second-order valence-corrected chi connectivity index (χ2v) is 7.51. The average Bonchev–Trinajstić information content (AvgIpc) is 2.18. The fourth-order valence-electron chi connectivity index (χ4n) is 2.23. The number of carbonyl (C=O) groups is 1. The predicted octanol–water partition coefficient (Wildman–Crippen LogP) is 1.14. The molecule has 0 rings (SSSR count). The van der Waals surface area contributed by atoms with Crippen LogP contribution < -0.4 is 17.2 Å². The number of aliphatic carboxylic acids is 1. The summed E-state index contributed by atoms with van der Waals surface area (Å²) >= 11 is 0. The molecule has 0 aromatic carbocycles. The maximum absolute atomic E-state index is 11.2. The maximum atomic E-state index is 11.2. The van der Waals surface area contributed by atoms with E-state index >= 15 is 0 Å².